The summed E-state index contributed by atoms with van der Waals surface area (Å²) in [4.78, 5) is 48.3. The van der Waals surface area contributed by atoms with Crippen molar-refractivity contribution in [2.75, 3.05) is 79.0 Å². The van der Waals surface area contributed by atoms with Gasteiger partial charge in [-0.3, -0.25) is 29.0 Å². The monoisotopic (exact) mass is 542 g/mol. The third-order valence-corrected chi connectivity index (χ3v) is 6.59. The summed E-state index contributed by atoms with van der Waals surface area (Å²) in [7, 11) is 0. The first kappa shape index (κ1) is 31.8. The first-order valence-corrected chi connectivity index (χ1v) is 13.4. The highest BCUT2D eigenvalue weighted by Gasteiger charge is 2.29. The zero-order chi connectivity index (χ0) is 27.6. The van der Waals surface area contributed by atoms with Crippen LogP contribution in [0.2, 0.25) is 0 Å². The molecular weight excluding hydrogens is 500 g/mol. The lowest BCUT2D eigenvalue weighted by Crippen LogP contribution is -2.39. The normalized spacial score (nSPS) is 19.6. The molecule has 1 fully saturated rings. The highest BCUT2D eigenvalue weighted by atomic mass is 16.5. The van der Waals surface area contributed by atoms with Crippen LogP contribution in [-0.2, 0) is 38.1 Å². The van der Waals surface area contributed by atoms with Crippen molar-refractivity contribution in [2.45, 2.75) is 38.5 Å². The van der Waals surface area contributed by atoms with Crippen LogP contribution in [-0.4, -0.2) is 123 Å². The Hall–Kier alpha value is -2.38. The molecule has 0 aromatic rings. The Labute approximate surface area is 223 Å². The Morgan fingerprint density at radius 1 is 0.711 bits per heavy atom. The summed E-state index contributed by atoms with van der Waals surface area (Å²) in [6, 6.07) is 0. The molecule has 0 spiro atoms. The first-order chi connectivity index (χ1) is 18.3. The number of amides is 2. The van der Waals surface area contributed by atoms with E-state index >= 15 is 0 Å². The molecule has 1 aliphatic carbocycles. The fourth-order valence-corrected chi connectivity index (χ4v) is 4.48. The largest absolute Gasteiger partial charge is 0.481 e. The highest BCUT2D eigenvalue weighted by Crippen LogP contribution is 2.30. The Kier molecular flexibility index (Phi) is 15.8. The molecule has 1 aliphatic heterocycles. The highest BCUT2D eigenvalue weighted by molar-refractivity contribution is 6.12. The van der Waals surface area contributed by atoms with Crippen molar-refractivity contribution in [3.8, 4) is 0 Å². The predicted molar refractivity (Wildman–Crippen MR) is 136 cm³/mol. The smallest absolute Gasteiger partial charge is 0.305 e. The van der Waals surface area contributed by atoms with E-state index < -0.39 is 11.9 Å². The lowest BCUT2D eigenvalue weighted by atomic mass is 9.81. The van der Waals surface area contributed by atoms with E-state index in [0.717, 1.165) is 45.3 Å². The van der Waals surface area contributed by atoms with Crippen LogP contribution in [0.25, 0.3) is 0 Å². The molecule has 2 rings (SSSR count). The maximum absolute atomic E-state index is 11.8. The standard InChI is InChI=1S/C26H42N2O10/c29-23-5-6-24(30)28(23)20-22-3-1-21(2-4-22)19-27(9-13-37-17-15-35-11-7-25(31)32)10-14-38-18-16-36-12-8-26(33)34/h5-6,21-22H,1-4,7-20H2,(H,31,32)(H,33,34). The van der Waals surface area contributed by atoms with Gasteiger partial charge in [-0.1, -0.05) is 0 Å². The van der Waals surface area contributed by atoms with E-state index in [2.05, 4.69) is 4.90 Å². The number of carbonyl (C=O) groups excluding carboxylic acids is 2. The van der Waals surface area contributed by atoms with E-state index in [1.807, 2.05) is 0 Å². The number of rotatable bonds is 22. The minimum atomic E-state index is -0.889. The summed E-state index contributed by atoms with van der Waals surface area (Å²) >= 11 is 0. The number of carbonyl (C=O) groups is 4. The van der Waals surface area contributed by atoms with Gasteiger partial charge in [0, 0.05) is 38.3 Å². The maximum Gasteiger partial charge on any atom is 0.305 e. The molecule has 1 saturated carbocycles. The van der Waals surface area contributed by atoms with Crippen molar-refractivity contribution in [2.24, 2.45) is 11.8 Å². The molecule has 0 unspecified atom stereocenters. The molecule has 0 atom stereocenters. The average molecular weight is 543 g/mol. The lowest BCUT2D eigenvalue weighted by Gasteiger charge is -2.34. The van der Waals surface area contributed by atoms with Crippen molar-refractivity contribution in [3.05, 3.63) is 12.2 Å². The van der Waals surface area contributed by atoms with Crippen LogP contribution in [0.1, 0.15) is 38.5 Å². The first-order valence-electron chi connectivity index (χ1n) is 13.4. The number of hydrogen-bond acceptors (Lipinski definition) is 9. The van der Waals surface area contributed by atoms with Crippen molar-refractivity contribution in [1.82, 2.24) is 9.80 Å². The van der Waals surface area contributed by atoms with E-state index in [-0.39, 0.29) is 37.9 Å². The second kappa shape index (κ2) is 18.8. The second-order valence-electron chi connectivity index (χ2n) is 9.54. The van der Waals surface area contributed by atoms with Crippen LogP contribution in [0.5, 0.6) is 0 Å². The number of aliphatic carboxylic acids is 2. The van der Waals surface area contributed by atoms with Gasteiger partial charge in [0.2, 0.25) is 0 Å². The number of nitrogens with zero attached hydrogens (tertiary/aromatic N) is 2. The Balaban J connectivity index is 1.66. The summed E-state index contributed by atoms with van der Waals surface area (Å²) < 4.78 is 21.8. The van der Waals surface area contributed by atoms with Gasteiger partial charge in [0.15, 0.2) is 0 Å². The molecule has 0 radical (unpaired) electrons. The topological polar surface area (TPSA) is 152 Å². The molecule has 2 amide bonds. The predicted octanol–water partition coefficient (Wildman–Crippen LogP) is 1.04. The van der Waals surface area contributed by atoms with Crippen LogP contribution in [0.3, 0.4) is 0 Å². The van der Waals surface area contributed by atoms with Crippen LogP contribution < -0.4 is 0 Å². The minimum absolute atomic E-state index is 0.0256. The molecule has 2 N–H and O–H groups in total. The summed E-state index contributed by atoms with van der Waals surface area (Å²) in [5.74, 6) is -1.38. The molecule has 0 aromatic heterocycles. The van der Waals surface area contributed by atoms with Gasteiger partial charge in [-0.05, 0) is 37.5 Å². The molecule has 2 aliphatic rings. The van der Waals surface area contributed by atoms with Gasteiger partial charge in [-0.25, -0.2) is 0 Å². The van der Waals surface area contributed by atoms with E-state index in [1.165, 1.54) is 17.1 Å². The van der Waals surface area contributed by atoms with Crippen LogP contribution in [0.4, 0.5) is 0 Å². The van der Waals surface area contributed by atoms with Crippen molar-refractivity contribution in [1.29, 1.82) is 0 Å². The third kappa shape index (κ3) is 14.0. The van der Waals surface area contributed by atoms with E-state index in [0.29, 0.717) is 58.0 Å². The van der Waals surface area contributed by atoms with Crippen molar-refractivity contribution in [3.63, 3.8) is 0 Å². The second-order valence-corrected chi connectivity index (χ2v) is 9.54. The number of imide groups is 1. The Bertz CT molecular complexity index is 719. The fourth-order valence-electron chi connectivity index (χ4n) is 4.48. The van der Waals surface area contributed by atoms with Crippen LogP contribution in [0, 0.1) is 11.8 Å². The van der Waals surface area contributed by atoms with Crippen molar-refractivity contribution < 1.29 is 48.3 Å². The Morgan fingerprint density at radius 3 is 1.58 bits per heavy atom. The number of carboxylic acid groups (broad SMARTS) is 2. The Morgan fingerprint density at radius 2 is 1.13 bits per heavy atom. The number of carboxylic acids is 2. The molecule has 1 heterocycles. The van der Waals surface area contributed by atoms with Gasteiger partial charge in [0.1, 0.15) is 0 Å². The number of hydrogen-bond donors (Lipinski definition) is 2. The average Bonchev–Trinajstić information content (AvgIpc) is 3.19. The van der Waals surface area contributed by atoms with Gasteiger partial charge in [-0.15, -0.1) is 0 Å². The molecule has 12 heteroatoms. The summed E-state index contributed by atoms with van der Waals surface area (Å²) in [6.07, 6.45) is 6.63. The molecule has 0 aromatic carbocycles. The zero-order valence-corrected chi connectivity index (χ0v) is 22.1. The van der Waals surface area contributed by atoms with Gasteiger partial charge in [0.05, 0.1) is 65.7 Å². The summed E-state index contributed by atoms with van der Waals surface area (Å²) in [5, 5.41) is 17.2. The molecule has 0 bridgehead atoms. The van der Waals surface area contributed by atoms with Gasteiger partial charge < -0.3 is 29.2 Å². The fraction of sp³-hybridized carbons (Fsp3) is 0.769. The lowest BCUT2D eigenvalue weighted by molar-refractivity contribution is -0.139. The maximum atomic E-state index is 11.8. The molecule has 0 saturated heterocycles. The molecule has 216 valence electrons. The van der Waals surface area contributed by atoms with E-state index in [9.17, 15) is 19.2 Å². The molecule has 12 nitrogen and oxygen atoms in total. The van der Waals surface area contributed by atoms with Gasteiger partial charge in [-0.2, -0.15) is 0 Å². The van der Waals surface area contributed by atoms with Crippen LogP contribution in [0.15, 0.2) is 12.2 Å². The van der Waals surface area contributed by atoms with Crippen LogP contribution >= 0.6 is 0 Å². The van der Waals surface area contributed by atoms with E-state index in [4.69, 9.17) is 29.2 Å². The van der Waals surface area contributed by atoms with Gasteiger partial charge >= 0.3 is 11.9 Å². The molecule has 38 heavy (non-hydrogen) atoms. The summed E-state index contributed by atoms with van der Waals surface area (Å²) in [6.45, 7) is 5.68. The SMILES string of the molecule is O=C(O)CCOCCOCCN(CCOCCOCCC(=O)O)CC1CCC(CN2C(=O)C=CC2=O)CC1. The van der Waals surface area contributed by atoms with E-state index in [1.54, 1.807) is 0 Å². The zero-order valence-electron chi connectivity index (χ0n) is 22.1. The molecular formula is C26H42N2O10. The third-order valence-electron chi connectivity index (χ3n) is 6.59. The van der Waals surface area contributed by atoms with Gasteiger partial charge in [0.25, 0.3) is 11.8 Å². The quantitative estimate of drug-likeness (QED) is 0.149. The van der Waals surface area contributed by atoms with Crippen molar-refractivity contribution >= 4 is 23.8 Å². The number of ether oxygens (including phenoxy) is 4. The minimum Gasteiger partial charge on any atom is -0.481 e. The summed E-state index contributed by atoms with van der Waals surface area (Å²) in [5.41, 5.74) is 0.